The molecule has 3 aromatic rings. The van der Waals surface area contributed by atoms with E-state index in [1.807, 2.05) is 19.9 Å². The SMILES string of the molecule is Cc1cc(C)nc(NS(=O)(=O)c2ccc(NS(=O)(=O)c3c(C)c(C)cc(C)c3C)cc2)n1. The van der Waals surface area contributed by atoms with Gasteiger partial charge in [-0.2, -0.15) is 0 Å². The number of benzene rings is 2. The van der Waals surface area contributed by atoms with Crippen molar-refractivity contribution < 1.29 is 16.8 Å². The van der Waals surface area contributed by atoms with Crippen LogP contribution in [-0.4, -0.2) is 26.8 Å². The molecule has 0 amide bonds. The molecule has 0 aliphatic heterocycles. The van der Waals surface area contributed by atoms with Crippen LogP contribution in [0.25, 0.3) is 0 Å². The van der Waals surface area contributed by atoms with Gasteiger partial charge in [-0.15, -0.1) is 0 Å². The van der Waals surface area contributed by atoms with Crippen LogP contribution in [0.3, 0.4) is 0 Å². The zero-order valence-electron chi connectivity index (χ0n) is 18.8. The maximum Gasteiger partial charge on any atom is 0.264 e. The molecule has 10 heteroatoms. The molecule has 0 radical (unpaired) electrons. The molecule has 0 saturated heterocycles. The summed E-state index contributed by atoms with van der Waals surface area (Å²) in [6.45, 7) is 10.8. The lowest BCUT2D eigenvalue weighted by atomic mass is 10.0. The molecular formula is C22H26N4O4S2. The van der Waals surface area contributed by atoms with Crippen molar-refractivity contribution in [3.05, 3.63) is 70.0 Å². The van der Waals surface area contributed by atoms with E-state index in [-0.39, 0.29) is 21.4 Å². The first kappa shape index (κ1) is 23.7. The fourth-order valence-electron chi connectivity index (χ4n) is 3.44. The molecule has 0 fully saturated rings. The summed E-state index contributed by atoms with van der Waals surface area (Å²) in [5, 5.41) is 0. The number of nitrogens with zero attached hydrogens (tertiary/aromatic N) is 2. The molecule has 0 bridgehead atoms. The third-order valence-corrected chi connectivity index (χ3v) is 8.19. The van der Waals surface area contributed by atoms with E-state index in [1.165, 1.54) is 24.3 Å². The van der Waals surface area contributed by atoms with Gasteiger partial charge in [0, 0.05) is 17.1 Å². The second-order valence-corrected chi connectivity index (χ2v) is 11.1. The smallest absolute Gasteiger partial charge is 0.264 e. The number of sulfonamides is 2. The highest BCUT2D eigenvalue weighted by atomic mass is 32.2. The summed E-state index contributed by atoms with van der Waals surface area (Å²) in [6, 6.07) is 9.14. The van der Waals surface area contributed by atoms with Crippen molar-refractivity contribution in [1.82, 2.24) is 9.97 Å². The molecule has 2 aromatic carbocycles. The fraction of sp³-hybridized carbons (Fsp3) is 0.273. The molecule has 0 saturated carbocycles. The maximum atomic E-state index is 13.1. The van der Waals surface area contributed by atoms with Crippen molar-refractivity contribution in [2.75, 3.05) is 9.44 Å². The number of rotatable bonds is 6. The van der Waals surface area contributed by atoms with Gasteiger partial charge in [-0.05, 0) is 94.1 Å². The van der Waals surface area contributed by atoms with Gasteiger partial charge < -0.3 is 0 Å². The van der Waals surface area contributed by atoms with Gasteiger partial charge in [0.15, 0.2) is 0 Å². The minimum absolute atomic E-state index is 0.0203. The Labute approximate surface area is 189 Å². The molecule has 0 unspecified atom stereocenters. The number of anilines is 2. The molecule has 0 atom stereocenters. The zero-order chi connectivity index (χ0) is 23.8. The van der Waals surface area contributed by atoms with Gasteiger partial charge in [-0.3, -0.25) is 4.72 Å². The van der Waals surface area contributed by atoms with Gasteiger partial charge >= 0.3 is 0 Å². The summed E-state index contributed by atoms with van der Waals surface area (Å²) < 4.78 is 56.4. The summed E-state index contributed by atoms with van der Waals surface area (Å²) in [6.07, 6.45) is 0. The lowest BCUT2D eigenvalue weighted by Gasteiger charge is -2.17. The molecule has 2 N–H and O–H groups in total. The first-order chi connectivity index (χ1) is 14.8. The van der Waals surface area contributed by atoms with Crippen molar-refractivity contribution in [1.29, 1.82) is 0 Å². The van der Waals surface area contributed by atoms with Crippen molar-refractivity contribution in [3.8, 4) is 0 Å². The quantitative estimate of drug-likeness (QED) is 0.559. The lowest BCUT2D eigenvalue weighted by Crippen LogP contribution is -2.18. The molecule has 1 heterocycles. The average Bonchev–Trinajstić information content (AvgIpc) is 2.65. The van der Waals surface area contributed by atoms with Crippen LogP contribution in [0.1, 0.15) is 33.6 Å². The van der Waals surface area contributed by atoms with Crippen LogP contribution < -0.4 is 9.44 Å². The first-order valence-corrected chi connectivity index (χ1v) is 12.8. The normalized spacial score (nSPS) is 11.9. The third kappa shape index (κ3) is 4.91. The number of hydrogen-bond acceptors (Lipinski definition) is 6. The van der Waals surface area contributed by atoms with Gasteiger partial charge in [0.1, 0.15) is 0 Å². The molecule has 32 heavy (non-hydrogen) atoms. The topological polar surface area (TPSA) is 118 Å². The highest BCUT2D eigenvalue weighted by molar-refractivity contribution is 7.93. The number of hydrogen-bond donors (Lipinski definition) is 2. The highest BCUT2D eigenvalue weighted by Crippen LogP contribution is 2.28. The standard InChI is InChI=1S/C22H26N4O4S2/c1-13-11-14(2)18(6)21(17(13)5)32(29,30)25-19-7-9-20(10-8-19)31(27,28)26-22-23-15(3)12-16(4)24-22/h7-12,25H,1-6H3,(H,23,24,26). The van der Waals surface area contributed by atoms with E-state index in [2.05, 4.69) is 19.4 Å². The summed E-state index contributed by atoms with van der Waals surface area (Å²) in [5.41, 5.74) is 4.65. The van der Waals surface area contributed by atoms with Crippen molar-refractivity contribution in [2.45, 2.75) is 51.3 Å². The minimum Gasteiger partial charge on any atom is -0.280 e. The Kier molecular flexibility index (Phi) is 6.30. The molecule has 3 rings (SSSR count). The number of nitrogens with one attached hydrogen (secondary N) is 2. The number of aromatic nitrogens is 2. The van der Waals surface area contributed by atoms with Crippen LogP contribution >= 0.6 is 0 Å². The van der Waals surface area contributed by atoms with Crippen LogP contribution in [0.5, 0.6) is 0 Å². The Hall–Kier alpha value is -2.98. The molecule has 0 aliphatic rings. The minimum atomic E-state index is -3.94. The zero-order valence-corrected chi connectivity index (χ0v) is 20.4. The Balaban J connectivity index is 1.87. The van der Waals surface area contributed by atoms with E-state index < -0.39 is 20.0 Å². The van der Waals surface area contributed by atoms with Gasteiger partial charge in [-0.1, -0.05) is 6.07 Å². The average molecular weight is 475 g/mol. The summed E-state index contributed by atoms with van der Waals surface area (Å²) >= 11 is 0. The predicted molar refractivity (Wildman–Crippen MR) is 125 cm³/mol. The third-order valence-electron chi connectivity index (χ3n) is 5.19. The van der Waals surface area contributed by atoms with Crippen molar-refractivity contribution in [2.24, 2.45) is 0 Å². The summed E-state index contributed by atoms with van der Waals surface area (Å²) in [7, 11) is -7.80. The maximum absolute atomic E-state index is 13.1. The Morgan fingerprint density at radius 2 is 1.16 bits per heavy atom. The second kappa shape index (κ2) is 8.51. The van der Waals surface area contributed by atoms with E-state index in [1.54, 1.807) is 33.8 Å². The Morgan fingerprint density at radius 3 is 1.66 bits per heavy atom. The largest absolute Gasteiger partial charge is 0.280 e. The van der Waals surface area contributed by atoms with Crippen molar-refractivity contribution in [3.63, 3.8) is 0 Å². The Morgan fingerprint density at radius 1 is 0.656 bits per heavy atom. The molecule has 170 valence electrons. The van der Waals surface area contributed by atoms with Crippen LogP contribution in [0, 0.1) is 41.5 Å². The first-order valence-electron chi connectivity index (χ1n) is 9.85. The van der Waals surface area contributed by atoms with Gasteiger partial charge in [0.2, 0.25) is 5.95 Å². The highest BCUT2D eigenvalue weighted by Gasteiger charge is 2.23. The van der Waals surface area contributed by atoms with E-state index in [9.17, 15) is 16.8 Å². The molecule has 0 aliphatic carbocycles. The van der Waals surface area contributed by atoms with Gasteiger partial charge in [-0.25, -0.2) is 31.5 Å². The lowest BCUT2D eigenvalue weighted by molar-refractivity contribution is 0.599. The molecular weight excluding hydrogens is 448 g/mol. The van der Waals surface area contributed by atoms with E-state index >= 15 is 0 Å². The monoisotopic (exact) mass is 474 g/mol. The van der Waals surface area contributed by atoms with Gasteiger partial charge in [0.25, 0.3) is 20.0 Å². The van der Waals surface area contributed by atoms with E-state index in [0.29, 0.717) is 22.5 Å². The second-order valence-electron chi connectivity index (χ2n) is 7.80. The fourth-order valence-corrected chi connectivity index (χ4v) is 6.06. The van der Waals surface area contributed by atoms with Crippen LogP contribution in [0.4, 0.5) is 11.6 Å². The predicted octanol–water partition coefficient (Wildman–Crippen LogP) is 3.93. The Bertz CT molecular complexity index is 1350. The van der Waals surface area contributed by atoms with E-state index in [0.717, 1.165) is 11.1 Å². The molecule has 0 spiro atoms. The van der Waals surface area contributed by atoms with Crippen molar-refractivity contribution >= 4 is 31.7 Å². The van der Waals surface area contributed by atoms with Crippen LogP contribution in [0.15, 0.2) is 46.2 Å². The van der Waals surface area contributed by atoms with Crippen LogP contribution in [-0.2, 0) is 20.0 Å². The number of aryl methyl sites for hydroxylation is 4. The van der Waals surface area contributed by atoms with Gasteiger partial charge in [0.05, 0.1) is 9.79 Å². The summed E-state index contributed by atoms with van der Waals surface area (Å²) in [5.74, 6) is -0.0203. The molecule has 1 aromatic heterocycles. The molecule has 8 nitrogen and oxygen atoms in total. The summed E-state index contributed by atoms with van der Waals surface area (Å²) in [4.78, 5) is 8.36. The van der Waals surface area contributed by atoms with E-state index in [4.69, 9.17) is 0 Å². The van der Waals surface area contributed by atoms with Crippen LogP contribution in [0.2, 0.25) is 0 Å².